The zero-order chi connectivity index (χ0) is 22.9. The Kier molecular flexibility index (Phi) is 4.92. The summed E-state index contributed by atoms with van der Waals surface area (Å²) in [7, 11) is 0. The molecule has 0 saturated heterocycles. The molecule has 6 rings (SSSR count). The topological polar surface area (TPSA) is 12.9 Å². The van der Waals surface area contributed by atoms with Gasteiger partial charge in [-0.05, 0) is 81.9 Å². The summed E-state index contributed by atoms with van der Waals surface area (Å²) in [6.07, 6.45) is 3.14. The van der Waals surface area contributed by atoms with Crippen LogP contribution < -0.4 is 0 Å². The van der Waals surface area contributed by atoms with Gasteiger partial charge in [-0.2, -0.15) is 0 Å². The van der Waals surface area contributed by atoms with Gasteiger partial charge in [0.15, 0.2) is 0 Å². The van der Waals surface area contributed by atoms with Gasteiger partial charge >= 0.3 is 0 Å². The quantitative estimate of drug-likeness (QED) is 0.243. The molecule has 0 fully saturated rings. The Bertz CT molecular complexity index is 1650. The lowest BCUT2D eigenvalue weighted by atomic mass is 9.85. The van der Waals surface area contributed by atoms with E-state index in [1.165, 1.54) is 56.3 Å². The third-order valence-electron chi connectivity index (χ3n) is 6.32. The number of pyridine rings is 1. The Balaban J connectivity index is 1.58. The number of hydrogen-bond donors (Lipinski definition) is 0. The van der Waals surface area contributed by atoms with Crippen LogP contribution in [0.2, 0.25) is 0 Å². The van der Waals surface area contributed by atoms with E-state index < -0.39 is 0 Å². The van der Waals surface area contributed by atoms with E-state index in [1.54, 1.807) is 0 Å². The molecule has 0 spiro atoms. The number of rotatable bonds is 3. The van der Waals surface area contributed by atoms with Gasteiger partial charge in [0.1, 0.15) is 0 Å². The van der Waals surface area contributed by atoms with Crippen molar-refractivity contribution in [3.63, 3.8) is 0 Å². The highest BCUT2D eigenvalue weighted by atomic mass is 32.1. The van der Waals surface area contributed by atoms with Gasteiger partial charge in [0.05, 0.1) is 10.4 Å². The van der Waals surface area contributed by atoms with Crippen molar-refractivity contribution in [2.75, 3.05) is 0 Å². The molecule has 0 aliphatic heterocycles. The maximum atomic E-state index is 4.91. The summed E-state index contributed by atoms with van der Waals surface area (Å²) in [5.41, 5.74) is 3.83. The maximum Gasteiger partial charge on any atom is 0.0880 e. The molecule has 0 radical (unpaired) electrons. The predicted molar refractivity (Wildman–Crippen MR) is 151 cm³/mol. The van der Waals surface area contributed by atoms with Crippen molar-refractivity contribution in [3.8, 4) is 11.3 Å². The van der Waals surface area contributed by atoms with Crippen LogP contribution in [0.1, 0.15) is 45.1 Å². The second-order valence-corrected chi connectivity index (χ2v) is 13.6. The first kappa shape index (κ1) is 21.3. The standard InChI is InChI=1S/C29H27NS3/c1-16(2)10-20-12-18-14-25-22(15-24(18)32-20)21-6-8-30-26(28(21)33-25)19-11-17-7-9-31-27(17)23(13-19)29(3,4)5/h6-9,11-16H,10H2,1-5H3. The average molecular weight is 486 g/mol. The molecule has 33 heavy (non-hydrogen) atoms. The second kappa shape index (κ2) is 7.63. The third-order valence-corrected chi connectivity index (χ3v) is 9.58. The summed E-state index contributed by atoms with van der Waals surface area (Å²) in [5, 5.41) is 7.58. The number of nitrogens with zero attached hydrogens (tertiary/aromatic N) is 1. The van der Waals surface area contributed by atoms with Gasteiger partial charge in [0.25, 0.3) is 0 Å². The minimum atomic E-state index is 0.0885. The molecule has 4 heterocycles. The van der Waals surface area contributed by atoms with E-state index >= 15 is 0 Å². The first-order chi connectivity index (χ1) is 15.8. The average Bonchev–Trinajstić information content (AvgIpc) is 3.45. The predicted octanol–water partition coefficient (Wildman–Crippen LogP) is 10.0. The van der Waals surface area contributed by atoms with Crippen molar-refractivity contribution in [2.45, 2.75) is 46.5 Å². The molecule has 0 amide bonds. The highest BCUT2D eigenvalue weighted by Crippen LogP contribution is 2.44. The van der Waals surface area contributed by atoms with Crippen LogP contribution in [0.5, 0.6) is 0 Å². The van der Waals surface area contributed by atoms with Gasteiger partial charge in [-0.1, -0.05) is 34.6 Å². The van der Waals surface area contributed by atoms with Gasteiger partial charge in [0, 0.05) is 41.5 Å². The van der Waals surface area contributed by atoms with Crippen LogP contribution in [0.3, 0.4) is 0 Å². The minimum absolute atomic E-state index is 0.0885. The van der Waals surface area contributed by atoms with Crippen molar-refractivity contribution < 1.29 is 0 Å². The number of aromatic nitrogens is 1. The summed E-state index contributed by atoms with van der Waals surface area (Å²) in [5.74, 6) is 0.687. The Morgan fingerprint density at radius 2 is 1.70 bits per heavy atom. The highest BCUT2D eigenvalue weighted by molar-refractivity contribution is 7.26. The van der Waals surface area contributed by atoms with E-state index in [-0.39, 0.29) is 5.41 Å². The molecule has 0 bridgehead atoms. The molecular weight excluding hydrogens is 459 g/mol. The lowest BCUT2D eigenvalue weighted by Gasteiger charge is -2.21. The number of thiophene rings is 3. The molecular formula is C29H27NS3. The zero-order valence-corrected chi connectivity index (χ0v) is 22.1. The van der Waals surface area contributed by atoms with Gasteiger partial charge in [-0.25, -0.2) is 0 Å². The van der Waals surface area contributed by atoms with E-state index in [4.69, 9.17) is 4.98 Å². The smallest absolute Gasteiger partial charge is 0.0880 e. The monoisotopic (exact) mass is 485 g/mol. The molecule has 0 N–H and O–H groups in total. The fraction of sp³-hybridized carbons (Fsp3) is 0.276. The van der Waals surface area contributed by atoms with Gasteiger partial charge in [-0.15, -0.1) is 34.0 Å². The maximum absolute atomic E-state index is 4.91. The van der Waals surface area contributed by atoms with Crippen LogP contribution in [0.4, 0.5) is 0 Å². The summed E-state index contributed by atoms with van der Waals surface area (Å²) >= 11 is 5.68. The van der Waals surface area contributed by atoms with Gasteiger partial charge < -0.3 is 0 Å². The van der Waals surface area contributed by atoms with Gasteiger partial charge in [0.2, 0.25) is 0 Å². The molecule has 0 aliphatic rings. The Hall–Kier alpha value is -2.27. The molecule has 0 atom stereocenters. The Morgan fingerprint density at radius 1 is 0.848 bits per heavy atom. The molecule has 1 nitrogen and oxygen atoms in total. The Labute approximate surface area is 206 Å². The number of benzene rings is 2. The Morgan fingerprint density at radius 3 is 2.48 bits per heavy atom. The van der Waals surface area contributed by atoms with Crippen molar-refractivity contribution in [3.05, 3.63) is 64.5 Å². The van der Waals surface area contributed by atoms with E-state index in [0.29, 0.717) is 5.92 Å². The molecule has 6 aromatic rings. The molecule has 0 unspecified atom stereocenters. The molecule has 0 aliphatic carbocycles. The van der Waals surface area contributed by atoms with Crippen molar-refractivity contribution >= 4 is 74.4 Å². The first-order valence-electron chi connectivity index (χ1n) is 11.5. The molecule has 4 heteroatoms. The molecule has 2 aromatic carbocycles. The van der Waals surface area contributed by atoms with E-state index in [2.05, 4.69) is 82.5 Å². The van der Waals surface area contributed by atoms with Crippen molar-refractivity contribution in [1.29, 1.82) is 0 Å². The SMILES string of the molecule is CC(C)Cc1cc2cc3sc4c(-c5cc(C(C)(C)C)c6sccc6c5)nccc4c3cc2s1. The zero-order valence-electron chi connectivity index (χ0n) is 19.7. The van der Waals surface area contributed by atoms with Crippen LogP contribution in [0, 0.1) is 5.92 Å². The fourth-order valence-corrected chi connectivity index (χ4v) is 8.42. The lowest BCUT2D eigenvalue weighted by molar-refractivity contribution is 0.597. The fourth-order valence-electron chi connectivity index (χ4n) is 4.77. The van der Waals surface area contributed by atoms with Crippen LogP contribution in [-0.2, 0) is 11.8 Å². The van der Waals surface area contributed by atoms with E-state index in [0.717, 1.165) is 12.1 Å². The molecule has 4 aromatic heterocycles. The second-order valence-electron chi connectivity index (χ2n) is 10.4. The third kappa shape index (κ3) is 3.60. The highest BCUT2D eigenvalue weighted by Gasteiger charge is 2.21. The molecule has 0 saturated carbocycles. The summed E-state index contributed by atoms with van der Waals surface area (Å²) in [6, 6.07) is 16.3. The van der Waals surface area contributed by atoms with E-state index in [9.17, 15) is 0 Å². The van der Waals surface area contributed by atoms with Crippen LogP contribution in [-0.4, -0.2) is 4.98 Å². The lowest BCUT2D eigenvalue weighted by Crippen LogP contribution is -2.11. The van der Waals surface area contributed by atoms with Crippen molar-refractivity contribution in [1.82, 2.24) is 4.98 Å². The van der Waals surface area contributed by atoms with Gasteiger partial charge in [-0.3, -0.25) is 4.98 Å². The minimum Gasteiger partial charge on any atom is -0.255 e. The largest absolute Gasteiger partial charge is 0.255 e. The first-order valence-corrected chi connectivity index (χ1v) is 14.0. The number of fused-ring (bicyclic) bond motifs is 5. The van der Waals surface area contributed by atoms with Crippen LogP contribution in [0.15, 0.2) is 54.0 Å². The van der Waals surface area contributed by atoms with Crippen LogP contribution >= 0.6 is 34.0 Å². The van der Waals surface area contributed by atoms with E-state index in [1.807, 2.05) is 40.2 Å². The van der Waals surface area contributed by atoms with Crippen molar-refractivity contribution in [2.24, 2.45) is 5.92 Å². The normalized spacial score (nSPS) is 12.8. The summed E-state index contributed by atoms with van der Waals surface area (Å²) < 4.78 is 5.44. The summed E-state index contributed by atoms with van der Waals surface area (Å²) in [6.45, 7) is 11.5. The molecule has 166 valence electrons. The van der Waals surface area contributed by atoms with Crippen LogP contribution in [0.25, 0.3) is 51.6 Å². The number of hydrogen-bond acceptors (Lipinski definition) is 4. The summed E-state index contributed by atoms with van der Waals surface area (Å²) in [4.78, 5) is 6.40.